The maximum Gasteiger partial charge on any atom is 0.321 e. The summed E-state index contributed by atoms with van der Waals surface area (Å²) in [4.78, 5) is 29.2. The van der Waals surface area contributed by atoms with Gasteiger partial charge in [0.15, 0.2) is 0 Å². The number of piperidine rings is 2. The van der Waals surface area contributed by atoms with Crippen LogP contribution in [0, 0.1) is 11.8 Å². The Kier molecular flexibility index (Phi) is 14.6. The van der Waals surface area contributed by atoms with Gasteiger partial charge in [-0.1, -0.05) is 30.9 Å². The molecule has 0 radical (unpaired) electrons. The van der Waals surface area contributed by atoms with E-state index in [0.717, 1.165) is 69.4 Å². The van der Waals surface area contributed by atoms with Gasteiger partial charge >= 0.3 is 5.97 Å². The van der Waals surface area contributed by atoms with Crippen LogP contribution in [-0.2, 0) is 29.6 Å². The zero-order chi connectivity index (χ0) is 35.1. The zero-order valence-electron chi connectivity index (χ0n) is 26.7. The molecule has 48 heavy (non-hydrogen) atoms. The molecule has 0 bridgehead atoms. The van der Waals surface area contributed by atoms with Gasteiger partial charge in [0.25, 0.3) is 10.0 Å². The number of sulfonamides is 2. The summed E-state index contributed by atoms with van der Waals surface area (Å²) >= 11 is 13.9. The fraction of sp³-hybridized carbons (Fsp3) is 0.633. The van der Waals surface area contributed by atoms with Crippen molar-refractivity contribution in [2.75, 3.05) is 37.6 Å². The van der Waals surface area contributed by atoms with Crippen LogP contribution in [0.3, 0.4) is 0 Å². The maximum atomic E-state index is 13.0. The minimum Gasteiger partial charge on any atom is -0.480 e. The van der Waals surface area contributed by atoms with E-state index in [1.807, 2.05) is 0 Å². The van der Waals surface area contributed by atoms with Gasteiger partial charge < -0.3 is 15.3 Å². The first-order valence-electron chi connectivity index (χ1n) is 16.0. The molecule has 0 aliphatic carbocycles. The third kappa shape index (κ3) is 10.8. The average molecular weight is 876 g/mol. The second-order valence-electron chi connectivity index (χ2n) is 12.4. The number of carboxylic acids is 1. The van der Waals surface area contributed by atoms with Crippen molar-refractivity contribution in [3.63, 3.8) is 0 Å². The lowest BCUT2D eigenvalue weighted by Crippen LogP contribution is -2.41. The summed E-state index contributed by atoms with van der Waals surface area (Å²) in [5, 5.41) is 12.2. The molecule has 2 saturated heterocycles. The third-order valence-electron chi connectivity index (χ3n) is 8.93. The van der Waals surface area contributed by atoms with Crippen LogP contribution < -0.4 is 14.9 Å². The molecule has 2 aromatic rings. The van der Waals surface area contributed by atoms with Gasteiger partial charge in [-0.25, -0.2) is 21.8 Å². The number of carboxylic acid groups (broad SMARTS) is 1. The molecule has 1 amide bonds. The summed E-state index contributed by atoms with van der Waals surface area (Å²) < 4.78 is 57.7. The predicted octanol–water partition coefficient (Wildman–Crippen LogP) is 5.85. The molecule has 0 aromatic carbocycles. The largest absolute Gasteiger partial charge is 0.480 e. The number of nitrogens with zero attached hydrogens (tertiary/aromatic N) is 3. The van der Waals surface area contributed by atoms with Crippen molar-refractivity contribution in [2.45, 2.75) is 86.3 Å². The smallest absolute Gasteiger partial charge is 0.321 e. The molecule has 1 atom stereocenters. The van der Waals surface area contributed by atoms with E-state index >= 15 is 0 Å². The van der Waals surface area contributed by atoms with Gasteiger partial charge in [0.2, 0.25) is 15.9 Å². The van der Waals surface area contributed by atoms with Crippen molar-refractivity contribution in [1.29, 1.82) is 0 Å². The Morgan fingerprint density at radius 2 is 1.62 bits per heavy atom. The van der Waals surface area contributed by atoms with Crippen LogP contribution >= 0.6 is 54.8 Å². The van der Waals surface area contributed by atoms with Gasteiger partial charge in [-0.3, -0.25) is 9.59 Å². The molecule has 4 rings (SSSR count). The number of aliphatic carboxylic acids is 1. The molecule has 268 valence electrons. The number of halogens is 3. The van der Waals surface area contributed by atoms with Gasteiger partial charge in [0.05, 0.1) is 4.47 Å². The van der Waals surface area contributed by atoms with Crippen molar-refractivity contribution in [3.05, 3.63) is 31.6 Å². The summed E-state index contributed by atoms with van der Waals surface area (Å²) in [6.07, 6.45) is 9.30. The second kappa shape index (κ2) is 17.7. The number of hydrogen-bond acceptors (Lipinski definition) is 9. The topological polar surface area (TPSA) is 166 Å². The molecule has 3 N–H and O–H groups in total. The summed E-state index contributed by atoms with van der Waals surface area (Å²) in [6.45, 7) is 4.42. The van der Waals surface area contributed by atoms with Gasteiger partial charge in [0.1, 0.15) is 25.3 Å². The molecule has 12 nitrogen and oxygen atoms in total. The highest BCUT2D eigenvalue weighted by atomic mass is 79.9. The Morgan fingerprint density at radius 3 is 2.17 bits per heavy atom. The lowest BCUT2D eigenvalue weighted by atomic mass is 9.87. The average Bonchev–Trinajstić information content (AvgIpc) is 3.39. The van der Waals surface area contributed by atoms with Crippen molar-refractivity contribution in [2.24, 2.45) is 11.8 Å². The Balaban J connectivity index is 1.19. The van der Waals surface area contributed by atoms with Crippen LogP contribution in [0.15, 0.2) is 36.4 Å². The lowest BCUT2D eigenvalue weighted by molar-refractivity contribution is -0.139. The fourth-order valence-corrected chi connectivity index (χ4v) is 12.0. The number of pyridine rings is 1. The number of aromatic nitrogens is 1. The van der Waals surface area contributed by atoms with E-state index in [1.165, 1.54) is 19.2 Å². The van der Waals surface area contributed by atoms with Crippen LogP contribution in [-0.4, -0.2) is 81.9 Å². The first kappa shape index (κ1) is 39.4. The van der Waals surface area contributed by atoms with E-state index in [2.05, 4.69) is 51.8 Å². The van der Waals surface area contributed by atoms with E-state index in [9.17, 15) is 31.5 Å². The summed E-state index contributed by atoms with van der Waals surface area (Å²) in [5.41, 5.74) is 0. The maximum absolute atomic E-state index is 13.0. The number of nitrogens with one attached hydrogen (secondary N) is 2. The monoisotopic (exact) mass is 873 g/mol. The van der Waals surface area contributed by atoms with Gasteiger partial charge in [0, 0.05) is 50.3 Å². The van der Waals surface area contributed by atoms with Crippen LogP contribution in [0.2, 0.25) is 4.34 Å². The van der Waals surface area contributed by atoms with Gasteiger partial charge in [-0.05, 0) is 101 Å². The SMILES string of the molecule is CC(=O)NCCCCC(NS(=O)(=O)c1cnc(N2CCC(CCCC3CCN(S(=O)(=O)c4cc(Br)c(Cl)s4)CC3)CC2)c(Br)c1)C(=O)O. The van der Waals surface area contributed by atoms with Crippen molar-refractivity contribution in [3.8, 4) is 0 Å². The van der Waals surface area contributed by atoms with E-state index in [-0.39, 0.29) is 21.4 Å². The minimum absolute atomic E-state index is 0.0872. The number of carbonyl (C=O) groups excluding carboxylic acids is 1. The summed E-state index contributed by atoms with van der Waals surface area (Å²) in [7, 11) is -7.65. The van der Waals surface area contributed by atoms with Crippen molar-refractivity contribution < 1.29 is 31.5 Å². The lowest BCUT2D eigenvalue weighted by Gasteiger charge is -2.34. The zero-order valence-corrected chi connectivity index (χ0v) is 33.0. The molecule has 2 aliphatic rings. The summed E-state index contributed by atoms with van der Waals surface area (Å²) in [5.74, 6) is 0.302. The molecule has 18 heteroatoms. The van der Waals surface area contributed by atoms with E-state index in [1.54, 1.807) is 10.4 Å². The molecule has 0 spiro atoms. The molecular formula is C30H42Br2ClN5O7S3. The standard InChI is InChI=1S/C30H42Br2ClN5O7S3/c1-20(39)34-12-3-2-7-26(30(40)41)36-47(42,43)23-17-25(32)29(35-19-23)37-13-8-21(9-14-37)5-4-6-22-10-15-38(16-11-22)48(44,45)27-18-24(31)28(33)46-27/h17-19,21-22,26,36H,2-16H2,1H3,(H,34,39)(H,40,41). The molecule has 1 unspecified atom stereocenters. The third-order valence-corrected chi connectivity index (χ3v) is 15.8. The highest BCUT2D eigenvalue weighted by Gasteiger charge is 2.32. The molecule has 4 heterocycles. The van der Waals surface area contributed by atoms with E-state index in [4.69, 9.17) is 11.6 Å². The quantitative estimate of drug-likeness (QED) is 0.176. The Bertz CT molecular complexity index is 1630. The summed E-state index contributed by atoms with van der Waals surface area (Å²) in [6, 6.07) is 1.74. The predicted molar refractivity (Wildman–Crippen MR) is 194 cm³/mol. The normalized spacial score (nSPS) is 17.8. The Hall–Kier alpha value is -1.34. The van der Waals surface area contributed by atoms with Crippen molar-refractivity contribution >= 4 is 92.5 Å². The molecule has 2 aromatic heterocycles. The first-order valence-corrected chi connectivity index (χ1v) is 21.7. The fourth-order valence-electron chi connectivity index (χ4n) is 6.17. The Morgan fingerprint density at radius 1 is 1.00 bits per heavy atom. The van der Waals surface area contributed by atoms with Crippen molar-refractivity contribution in [1.82, 2.24) is 19.3 Å². The number of thiophene rings is 1. The molecular weight excluding hydrogens is 834 g/mol. The molecule has 2 fully saturated rings. The number of unbranched alkanes of at least 4 members (excludes halogenated alkanes) is 1. The number of carbonyl (C=O) groups is 2. The van der Waals surface area contributed by atoms with Gasteiger partial charge in [-0.2, -0.15) is 9.03 Å². The number of anilines is 1. The highest BCUT2D eigenvalue weighted by Crippen LogP contribution is 2.37. The van der Waals surface area contributed by atoms with Crippen LogP contribution in [0.1, 0.15) is 71.1 Å². The van der Waals surface area contributed by atoms with Crippen LogP contribution in [0.4, 0.5) is 5.82 Å². The van der Waals surface area contributed by atoms with E-state index in [0.29, 0.717) is 63.4 Å². The molecule has 2 aliphatic heterocycles. The first-order chi connectivity index (χ1) is 22.7. The number of amides is 1. The Labute approximate surface area is 308 Å². The molecule has 0 saturated carbocycles. The number of rotatable bonds is 16. The highest BCUT2D eigenvalue weighted by molar-refractivity contribution is 9.11. The van der Waals surface area contributed by atoms with Gasteiger partial charge in [-0.15, -0.1) is 11.3 Å². The number of hydrogen-bond donors (Lipinski definition) is 3. The van der Waals surface area contributed by atoms with Crippen LogP contribution in [0.5, 0.6) is 0 Å². The minimum atomic E-state index is -4.13. The second-order valence-corrected chi connectivity index (χ2v) is 19.6. The van der Waals surface area contributed by atoms with Crippen LogP contribution in [0.25, 0.3) is 0 Å². The van der Waals surface area contributed by atoms with E-state index < -0.39 is 32.1 Å².